The second-order valence-corrected chi connectivity index (χ2v) is 5.22. The van der Waals surface area contributed by atoms with Crippen molar-refractivity contribution in [2.75, 3.05) is 19.6 Å². The van der Waals surface area contributed by atoms with Crippen molar-refractivity contribution < 1.29 is 4.39 Å². The minimum atomic E-state index is -0.174. The summed E-state index contributed by atoms with van der Waals surface area (Å²) in [5, 5.41) is 3.35. The summed E-state index contributed by atoms with van der Waals surface area (Å²) >= 11 is 3.32. The Hall–Kier alpha value is -0.160. The van der Waals surface area contributed by atoms with Crippen LogP contribution in [0, 0.1) is 5.82 Å². The summed E-state index contributed by atoms with van der Waals surface area (Å²) in [4.78, 5) is 2.37. The lowest BCUT2D eigenvalue weighted by Crippen LogP contribution is -2.49. The van der Waals surface area contributed by atoms with Crippen LogP contribution < -0.4 is 5.32 Å². The van der Waals surface area contributed by atoms with Gasteiger partial charge in [-0.1, -0.05) is 15.9 Å². The van der Waals surface area contributed by atoms with Gasteiger partial charge in [0, 0.05) is 36.7 Å². The molecule has 1 aromatic rings. The van der Waals surface area contributed by atoms with E-state index in [0.717, 1.165) is 36.2 Å². The molecule has 0 aromatic heterocycles. The predicted octanol–water partition coefficient (Wildman–Crippen LogP) is 2.80. The fourth-order valence-electron chi connectivity index (χ4n) is 2.05. The number of nitrogens with one attached hydrogen (secondary N) is 1. The highest BCUT2D eigenvalue weighted by molar-refractivity contribution is 9.10. The second-order valence-electron chi connectivity index (χ2n) is 4.30. The molecule has 1 aromatic carbocycles. The fraction of sp³-hybridized carbons (Fsp3) is 0.500. The van der Waals surface area contributed by atoms with Crippen LogP contribution in [0.2, 0.25) is 0 Å². The molecule has 1 heterocycles. The molecule has 0 saturated carbocycles. The standard InChI is InChI=1S/C12H16BrFN2.ClH/c1-9-7-15-2-3-16(9)8-10-4-11(13)6-12(14)5-10;/h4-6,9,15H,2-3,7-8H2,1H3;1H/t9-;/m0./s1. The van der Waals surface area contributed by atoms with E-state index >= 15 is 0 Å². The maximum absolute atomic E-state index is 13.2. The van der Waals surface area contributed by atoms with E-state index in [2.05, 4.69) is 33.1 Å². The van der Waals surface area contributed by atoms with Gasteiger partial charge in [-0.05, 0) is 30.7 Å². The first-order valence-corrected chi connectivity index (χ1v) is 6.34. The molecule has 1 saturated heterocycles. The lowest BCUT2D eigenvalue weighted by atomic mass is 10.1. The Bertz CT molecular complexity index is 355. The molecule has 1 fully saturated rings. The monoisotopic (exact) mass is 322 g/mol. The first-order valence-electron chi connectivity index (χ1n) is 5.55. The summed E-state index contributed by atoms with van der Waals surface area (Å²) in [6.07, 6.45) is 0. The molecule has 2 nitrogen and oxygen atoms in total. The molecule has 96 valence electrons. The summed E-state index contributed by atoms with van der Waals surface area (Å²) in [6, 6.07) is 5.60. The number of piperazine rings is 1. The molecule has 1 atom stereocenters. The number of benzene rings is 1. The summed E-state index contributed by atoms with van der Waals surface area (Å²) in [5.74, 6) is -0.174. The summed E-state index contributed by atoms with van der Waals surface area (Å²) < 4.78 is 14.0. The van der Waals surface area contributed by atoms with Crippen molar-refractivity contribution in [2.24, 2.45) is 0 Å². The van der Waals surface area contributed by atoms with Gasteiger partial charge in [-0.15, -0.1) is 12.4 Å². The lowest BCUT2D eigenvalue weighted by molar-refractivity contribution is 0.165. The van der Waals surface area contributed by atoms with Crippen LogP contribution in [0.4, 0.5) is 4.39 Å². The highest BCUT2D eigenvalue weighted by Crippen LogP contribution is 2.17. The van der Waals surface area contributed by atoms with Gasteiger partial charge in [-0.25, -0.2) is 4.39 Å². The van der Waals surface area contributed by atoms with Crippen LogP contribution in [0.1, 0.15) is 12.5 Å². The van der Waals surface area contributed by atoms with Gasteiger partial charge in [0.15, 0.2) is 0 Å². The largest absolute Gasteiger partial charge is 0.314 e. The van der Waals surface area contributed by atoms with Gasteiger partial charge in [0.25, 0.3) is 0 Å². The average molecular weight is 324 g/mol. The molecule has 2 rings (SSSR count). The Morgan fingerprint density at radius 3 is 2.88 bits per heavy atom. The Morgan fingerprint density at radius 1 is 1.47 bits per heavy atom. The van der Waals surface area contributed by atoms with E-state index in [1.54, 1.807) is 6.07 Å². The van der Waals surface area contributed by atoms with Gasteiger partial charge < -0.3 is 5.32 Å². The zero-order valence-electron chi connectivity index (χ0n) is 9.75. The van der Waals surface area contributed by atoms with Crippen LogP contribution in [0.15, 0.2) is 22.7 Å². The van der Waals surface area contributed by atoms with Crippen LogP contribution in [0.5, 0.6) is 0 Å². The highest BCUT2D eigenvalue weighted by atomic mass is 79.9. The van der Waals surface area contributed by atoms with Gasteiger partial charge in [-0.2, -0.15) is 0 Å². The molecule has 17 heavy (non-hydrogen) atoms. The number of nitrogens with zero attached hydrogens (tertiary/aromatic N) is 1. The summed E-state index contributed by atoms with van der Waals surface area (Å²) in [7, 11) is 0. The summed E-state index contributed by atoms with van der Waals surface area (Å²) in [5.41, 5.74) is 1.03. The van der Waals surface area contributed by atoms with Gasteiger partial charge in [-0.3, -0.25) is 4.90 Å². The van der Waals surface area contributed by atoms with Crippen molar-refractivity contribution in [1.82, 2.24) is 10.2 Å². The molecule has 1 N–H and O–H groups in total. The maximum atomic E-state index is 13.2. The van der Waals surface area contributed by atoms with E-state index in [1.165, 1.54) is 6.07 Å². The smallest absolute Gasteiger partial charge is 0.124 e. The zero-order chi connectivity index (χ0) is 11.5. The van der Waals surface area contributed by atoms with E-state index < -0.39 is 0 Å². The van der Waals surface area contributed by atoms with E-state index in [1.807, 2.05) is 6.07 Å². The number of hydrogen-bond donors (Lipinski definition) is 1. The molecule has 0 radical (unpaired) electrons. The van der Waals surface area contributed by atoms with Gasteiger partial charge in [0.2, 0.25) is 0 Å². The molecule has 1 aliphatic rings. The van der Waals surface area contributed by atoms with Crippen LogP contribution >= 0.6 is 28.3 Å². The summed E-state index contributed by atoms with van der Waals surface area (Å²) in [6.45, 7) is 6.06. The lowest BCUT2D eigenvalue weighted by Gasteiger charge is -2.33. The van der Waals surface area contributed by atoms with Gasteiger partial charge >= 0.3 is 0 Å². The third-order valence-corrected chi connectivity index (χ3v) is 3.40. The molecule has 0 bridgehead atoms. The molecule has 0 spiro atoms. The SMILES string of the molecule is C[C@H]1CNCCN1Cc1cc(F)cc(Br)c1.Cl. The van der Waals surface area contributed by atoms with Crippen LogP contribution in [-0.4, -0.2) is 30.6 Å². The quantitative estimate of drug-likeness (QED) is 0.900. The normalized spacial score (nSPS) is 21.0. The first-order chi connectivity index (χ1) is 7.65. The average Bonchev–Trinajstić information content (AvgIpc) is 2.20. The van der Waals surface area contributed by atoms with Crippen molar-refractivity contribution in [2.45, 2.75) is 19.5 Å². The molecule has 0 aliphatic carbocycles. The van der Waals surface area contributed by atoms with Crippen molar-refractivity contribution in [3.05, 3.63) is 34.1 Å². The Morgan fingerprint density at radius 2 is 2.24 bits per heavy atom. The Labute approximate surface area is 116 Å². The van der Waals surface area contributed by atoms with Gasteiger partial charge in [0.05, 0.1) is 0 Å². The molecule has 0 unspecified atom stereocenters. The molecule has 1 aliphatic heterocycles. The molecular formula is C12H17BrClFN2. The van der Waals surface area contributed by atoms with Crippen LogP contribution in [0.3, 0.4) is 0 Å². The second kappa shape index (κ2) is 6.69. The predicted molar refractivity (Wildman–Crippen MR) is 74.1 cm³/mol. The maximum Gasteiger partial charge on any atom is 0.124 e. The third-order valence-electron chi connectivity index (χ3n) is 2.95. The number of hydrogen-bond acceptors (Lipinski definition) is 2. The van der Waals surface area contributed by atoms with Crippen molar-refractivity contribution in [1.29, 1.82) is 0 Å². The topological polar surface area (TPSA) is 15.3 Å². The van der Waals surface area contributed by atoms with Crippen molar-refractivity contribution >= 4 is 28.3 Å². The van der Waals surface area contributed by atoms with E-state index in [0.29, 0.717) is 6.04 Å². The first kappa shape index (κ1) is 14.9. The molecule has 0 amide bonds. The Balaban J connectivity index is 0.00000144. The molecule has 5 heteroatoms. The van der Waals surface area contributed by atoms with E-state index in [4.69, 9.17) is 0 Å². The third kappa shape index (κ3) is 4.21. The van der Waals surface area contributed by atoms with Crippen molar-refractivity contribution in [3.63, 3.8) is 0 Å². The van der Waals surface area contributed by atoms with Crippen LogP contribution in [0.25, 0.3) is 0 Å². The van der Waals surface area contributed by atoms with Crippen molar-refractivity contribution in [3.8, 4) is 0 Å². The van der Waals surface area contributed by atoms with E-state index in [-0.39, 0.29) is 18.2 Å². The minimum Gasteiger partial charge on any atom is -0.314 e. The minimum absolute atomic E-state index is 0. The number of rotatable bonds is 2. The van der Waals surface area contributed by atoms with Crippen LogP contribution in [-0.2, 0) is 6.54 Å². The van der Waals surface area contributed by atoms with Gasteiger partial charge in [0.1, 0.15) is 5.82 Å². The molecular weight excluding hydrogens is 307 g/mol. The highest BCUT2D eigenvalue weighted by Gasteiger charge is 2.17. The zero-order valence-corrected chi connectivity index (χ0v) is 12.2. The fourth-order valence-corrected chi connectivity index (χ4v) is 2.57. The Kier molecular flexibility index (Phi) is 5.86. The number of halogens is 3. The van der Waals surface area contributed by atoms with E-state index in [9.17, 15) is 4.39 Å².